The number of hydrogen-bond donors (Lipinski definition) is 1. The molecule has 2 amide bonds. The van der Waals surface area contributed by atoms with Crippen molar-refractivity contribution in [3.63, 3.8) is 0 Å². The highest BCUT2D eigenvalue weighted by Gasteiger charge is 2.37. The van der Waals surface area contributed by atoms with Crippen molar-refractivity contribution in [1.82, 2.24) is 4.90 Å². The molecule has 1 fully saturated rings. The number of imide groups is 1. The van der Waals surface area contributed by atoms with Gasteiger partial charge in [0.15, 0.2) is 11.5 Å². The topological polar surface area (TPSA) is 67.9 Å². The summed E-state index contributed by atoms with van der Waals surface area (Å²) in [5.74, 6) is 0.853. The molecule has 1 atom stereocenters. The molecule has 0 bridgehead atoms. The van der Waals surface area contributed by atoms with Crippen LogP contribution in [0.5, 0.6) is 11.5 Å². The molecular weight excluding hydrogens is 260 g/mol. The summed E-state index contributed by atoms with van der Waals surface area (Å²) in [7, 11) is 3.11. The van der Waals surface area contributed by atoms with E-state index in [0.29, 0.717) is 23.7 Å². The molecule has 1 saturated heterocycles. The first-order valence-electron chi connectivity index (χ1n) is 6.43. The van der Waals surface area contributed by atoms with E-state index in [4.69, 9.17) is 9.47 Å². The van der Waals surface area contributed by atoms with Gasteiger partial charge in [-0.25, -0.2) is 0 Å². The van der Waals surface area contributed by atoms with Gasteiger partial charge in [0.1, 0.15) is 6.04 Å². The smallest absolute Gasteiger partial charge is 0.252 e. The number of likely N-dealkylation sites (N-methyl/N-ethyl adjacent to an activating group) is 1. The van der Waals surface area contributed by atoms with Crippen molar-refractivity contribution in [3.8, 4) is 11.5 Å². The van der Waals surface area contributed by atoms with Gasteiger partial charge in [-0.15, -0.1) is 0 Å². The van der Waals surface area contributed by atoms with E-state index < -0.39 is 6.04 Å². The first kappa shape index (κ1) is 14.2. The van der Waals surface area contributed by atoms with Crippen molar-refractivity contribution in [2.75, 3.05) is 26.1 Å². The first-order chi connectivity index (χ1) is 9.60. The molecule has 1 aromatic carbocycles. The van der Waals surface area contributed by atoms with Gasteiger partial charge in [0.2, 0.25) is 5.91 Å². The number of nitrogens with one attached hydrogen (secondary N) is 1. The van der Waals surface area contributed by atoms with Crippen LogP contribution in [0, 0.1) is 0 Å². The number of ether oxygens (including phenoxy) is 2. The normalized spacial score (nSPS) is 18.4. The number of methoxy groups -OCH3 is 2. The molecule has 0 radical (unpaired) electrons. The minimum absolute atomic E-state index is 0.143. The maximum absolute atomic E-state index is 12.0. The van der Waals surface area contributed by atoms with Gasteiger partial charge in [0, 0.05) is 18.3 Å². The third-order valence-corrected chi connectivity index (χ3v) is 3.28. The number of benzene rings is 1. The lowest BCUT2D eigenvalue weighted by Gasteiger charge is -2.15. The number of nitrogens with zero attached hydrogens (tertiary/aromatic N) is 1. The average Bonchev–Trinajstić information content (AvgIpc) is 2.72. The Bertz CT molecular complexity index is 530. The van der Waals surface area contributed by atoms with E-state index in [1.807, 2.05) is 0 Å². The van der Waals surface area contributed by atoms with Crippen LogP contribution < -0.4 is 14.8 Å². The van der Waals surface area contributed by atoms with Crippen LogP contribution in [0.15, 0.2) is 18.2 Å². The zero-order valence-electron chi connectivity index (χ0n) is 11.8. The number of hydrogen-bond acceptors (Lipinski definition) is 5. The molecule has 0 spiro atoms. The fourth-order valence-corrected chi connectivity index (χ4v) is 2.26. The molecule has 1 N–H and O–H groups in total. The lowest BCUT2D eigenvalue weighted by atomic mass is 10.2. The van der Waals surface area contributed by atoms with E-state index in [1.54, 1.807) is 39.3 Å². The molecule has 1 aromatic rings. The predicted octanol–water partition coefficient (Wildman–Crippen LogP) is 1.26. The van der Waals surface area contributed by atoms with E-state index in [1.165, 1.54) is 4.90 Å². The summed E-state index contributed by atoms with van der Waals surface area (Å²) < 4.78 is 10.4. The van der Waals surface area contributed by atoms with Crippen LogP contribution in [0.3, 0.4) is 0 Å². The highest BCUT2D eigenvalue weighted by atomic mass is 16.5. The number of carbonyl (C=O) groups excluding carboxylic acids is 2. The van der Waals surface area contributed by atoms with Gasteiger partial charge in [-0.05, 0) is 19.1 Å². The third-order valence-electron chi connectivity index (χ3n) is 3.28. The van der Waals surface area contributed by atoms with Gasteiger partial charge in [0.05, 0.1) is 20.6 Å². The summed E-state index contributed by atoms with van der Waals surface area (Å²) in [6, 6.07) is 4.76. The van der Waals surface area contributed by atoms with E-state index in [2.05, 4.69) is 5.32 Å². The van der Waals surface area contributed by atoms with Crippen molar-refractivity contribution < 1.29 is 19.1 Å². The monoisotopic (exact) mass is 278 g/mol. The molecule has 6 nitrogen and oxygen atoms in total. The zero-order chi connectivity index (χ0) is 14.7. The molecule has 108 valence electrons. The number of carbonyl (C=O) groups is 2. The van der Waals surface area contributed by atoms with Crippen molar-refractivity contribution in [2.45, 2.75) is 19.4 Å². The Morgan fingerprint density at radius 1 is 1.25 bits per heavy atom. The molecule has 0 saturated carbocycles. The van der Waals surface area contributed by atoms with Gasteiger partial charge in [-0.2, -0.15) is 0 Å². The second kappa shape index (κ2) is 5.81. The molecule has 20 heavy (non-hydrogen) atoms. The largest absolute Gasteiger partial charge is 0.493 e. The Kier molecular flexibility index (Phi) is 4.12. The number of rotatable bonds is 5. The maximum Gasteiger partial charge on any atom is 0.252 e. The molecule has 0 unspecified atom stereocenters. The van der Waals surface area contributed by atoms with E-state index >= 15 is 0 Å². The summed E-state index contributed by atoms with van der Waals surface area (Å²) in [5.41, 5.74) is 0.715. The highest BCUT2D eigenvalue weighted by Crippen LogP contribution is 2.30. The molecule has 1 aliphatic heterocycles. The van der Waals surface area contributed by atoms with Crippen LogP contribution in [0.25, 0.3) is 0 Å². The van der Waals surface area contributed by atoms with Crippen molar-refractivity contribution >= 4 is 17.5 Å². The Morgan fingerprint density at radius 2 is 1.95 bits per heavy atom. The Balaban J connectivity index is 2.15. The second-order valence-corrected chi connectivity index (χ2v) is 4.45. The Labute approximate surface area is 117 Å². The molecule has 2 rings (SSSR count). The molecule has 0 aromatic heterocycles. The quantitative estimate of drug-likeness (QED) is 0.821. The standard InChI is InChI=1S/C14H18N2O4/c1-4-16-13(17)8-10(14(16)18)15-9-5-6-11(19-2)12(7-9)20-3/h5-7,10,15H,4,8H2,1-3H3/t10-/m1/s1. The predicted molar refractivity (Wildman–Crippen MR) is 74.0 cm³/mol. The minimum Gasteiger partial charge on any atom is -0.493 e. The van der Waals surface area contributed by atoms with Gasteiger partial charge in [-0.1, -0.05) is 0 Å². The summed E-state index contributed by atoms with van der Waals surface area (Å²) in [4.78, 5) is 24.9. The molecule has 0 aliphatic carbocycles. The number of likely N-dealkylation sites (tertiary alicyclic amines) is 1. The lowest BCUT2D eigenvalue weighted by molar-refractivity contribution is -0.138. The molecule has 1 heterocycles. The van der Waals surface area contributed by atoms with Crippen LogP contribution in [-0.2, 0) is 9.59 Å². The average molecular weight is 278 g/mol. The lowest BCUT2D eigenvalue weighted by Crippen LogP contribution is -2.34. The van der Waals surface area contributed by atoms with Gasteiger partial charge >= 0.3 is 0 Å². The van der Waals surface area contributed by atoms with Gasteiger partial charge < -0.3 is 14.8 Å². The zero-order valence-corrected chi connectivity index (χ0v) is 11.8. The summed E-state index contributed by atoms with van der Waals surface area (Å²) in [6.45, 7) is 2.19. The van der Waals surface area contributed by atoms with Gasteiger partial charge in [0.25, 0.3) is 5.91 Å². The van der Waals surface area contributed by atoms with Gasteiger partial charge in [-0.3, -0.25) is 14.5 Å². The van der Waals surface area contributed by atoms with Crippen LogP contribution in [-0.4, -0.2) is 43.5 Å². The van der Waals surface area contributed by atoms with E-state index in [0.717, 1.165) is 0 Å². The fraction of sp³-hybridized carbons (Fsp3) is 0.429. The number of amides is 2. The van der Waals surface area contributed by atoms with Crippen LogP contribution in [0.4, 0.5) is 5.69 Å². The minimum atomic E-state index is -0.513. The molecular formula is C14H18N2O4. The first-order valence-corrected chi connectivity index (χ1v) is 6.43. The van der Waals surface area contributed by atoms with E-state index in [-0.39, 0.29) is 18.2 Å². The Morgan fingerprint density at radius 3 is 2.50 bits per heavy atom. The van der Waals surface area contributed by atoms with Crippen molar-refractivity contribution in [2.24, 2.45) is 0 Å². The van der Waals surface area contributed by atoms with Crippen molar-refractivity contribution in [1.29, 1.82) is 0 Å². The summed E-state index contributed by atoms with van der Waals surface area (Å²) in [5, 5.41) is 3.06. The Hall–Kier alpha value is -2.24. The van der Waals surface area contributed by atoms with E-state index in [9.17, 15) is 9.59 Å². The fourth-order valence-electron chi connectivity index (χ4n) is 2.26. The van der Waals surface area contributed by atoms with Crippen LogP contribution >= 0.6 is 0 Å². The summed E-state index contributed by atoms with van der Waals surface area (Å²) in [6.07, 6.45) is 0.182. The number of anilines is 1. The molecule has 1 aliphatic rings. The maximum atomic E-state index is 12.0. The van der Waals surface area contributed by atoms with Crippen molar-refractivity contribution in [3.05, 3.63) is 18.2 Å². The highest BCUT2D eigenvalue weighted by molar-refractivity contribution is 6.06. The summed E-state index contributed by atoms with van der Waals surface area (Å²) >= 11 is 0. The van der Waals surface area contributed by atoms with Crippen LogP contribution in [0.1, 0.15) is 13.3 Å². The second-order valence-electron chi connectivity index (χ2n) is 4.45. The molecule has 6 heteroatoms. The van der Waals surface area contributed by atoms with Crippen LogP contribution in [0.2, 0.25) is 0 Å². The SMILES string of the molecule is CCN1C(=O)C[C@@H](Nc2ccc(OC)c(OC)c2)C1=O. The third kappa shape index (κ3) is 2.54.